The minimum Gasteiger partial charge on any atom is -0.393 e. The molecule has 0 aliphatic heterocycles. The molecule has 6 nitrogen and oxygen atoms in total. The van der Waals surface area contributed by atoms with Crippen LogP contribution < -0.4 is 0 Å². The molecule has 0 radical (unpaired) electrons. The summed E-state index contributed by atoms with van der Waals surface area (Å²) >= 11 is 0. The third kappa shape index (κ3) is 1.69. The van der Waals surface area contributed by atoms with Gasteiger partial charge in [-0.15, -0.1) is 9.73 Å². The minimum absolute atomic E-state index is 0.351. The van der Waals surface area contributed by atoms with Crippen molar-refractivity contribution >= 4 is 5.65 Å². The highest BCUT2D eigenvalue weighted by molar-refractivity contribution is 5.32. The fraction of sp³-hybridized carbons (Fsp3) is 0.500. The third-order valence-electron chi connectivity index (χ3n) is 2.04. The normalized spacial score (nSPS) is 13.3. The van der Waals surface area contributed by atoms with Crippen LogP contribution in [-0.2, 0) is 6.42 Å². The Morgan fingerprint density at radius 1 is 1.50 bits per heavy atom. The molecule has 0 bridgehead atoms. The van der Waals surface area contributed by atoms with E-state index >= 15 is 0 Å². The standard InChI is InChI=1S/C8H11N5O/c1-2-7(14)5-6-3-4-8-9-11-12-13(8)10-6/h3-4,7,14H,2,5H2,1H3. The smallest absolute Gasteiger partial charge is 0.199 e. The summed E-state index contributed by atoms with van der Waals surface area (Å²) in [6.07, 6.45) is 0.901. The largest absolute Gasteiger partial charge is 0.393 e. The van der Waals surface area contributed by atoms with Crippen LogP contribution in [0, 0.1) is 0 Å². The molecule has 0 aliphatic rings. The summed E-state index contributed by atoms with van der Waals surface area (Å²) < 4.78 is 1.36. The van der Waals surface area contributed by atoms with Gasteiger partial charge in [-0.3, -0.25) is 0 Å². The molecule has 6 heteroatoms. The molecule has 1 atom stereocenters. The molecular weight excluding hydrogens is 182 g/mol. The van der Waals surface area contributed by atoms with Crippen LogP contribution in [0.25, 0.3) is 5.65 Å². The van der Waals surface area contributed by atoms with Gasteiger partial charge in [0.15, 0.2) is 5.65 Å². The van der Waals surface area contributed by atoms with E-state index < -0.39 is 0 Å². The van der Waals surface area contributed by atoms with Gasteiger partial charge < -0.3 is 5.11 Å². The molecule has 14 heavy (non-hydrogen) atoms. The molecule has 0 spiro atoms. The Balaban J connectivity index is 2.25. The van der Waals surface area contributed by atoms with Crippen LogP contribution in [0.1, 0.15) is 19.0 Å². The number of hydrogen-bond acceptors (Lipinski definition) is 5. The van der Waals surface area contributed by atoms with E-state index in [4.69, 9.17) is 0 Å². The molecule has 2 aromatic heterocycles. The SMILES string of the molecule is CCC(O)Cc1ccc2nnnn2n1. The summed E-state index contributed by atoms with van der Waals surface area (Å²) in [7, 11) is 0. The Morgan fingerprint density at radius 2 is 2.36 bits per heavy atom. The Kier molecular flexibility index (Phi) is 2.36. The highest BCUT2D eigenvalue weighted by atomic mass is 16.3. The van der Waals surface area contributed by atoms with Crippen LogP contribution in [0.5, 0.6) is 0 Å². The number of aliphatic hydroxyl groups is 1. The van der Waals surface area contributed by atoms with E-state index in [0.717, 1.165) is 12.1 Å². The number of tetrazole rings is 1. The van der Waals surface area contributed by atoms with Crippen molar-refractivity contribution in [2.75, 3.05) is 0 Å². The van der Waals surface area contributed by atoms with Crippen LogP contribution in [0.15, 0.2) is 12.1 Å². The molecule has 2 rings (SSSR count). The molecule has 74 valence electrons. The van der Waals surface area contributed by atoms with Crippen molar-refractivity contribution in [1.82, 2.24) is 25.3 Å². The van der Waals surface area contributed by atoms with Crippen molar-refractivity contribution in [2.45, 2.75) is 25.9 Å². The minimum atomic E-state index is -0.351. The number of hydrogen-bond donors (Lipinski definition) is 1. The van der Waals surface area contributed by atoms with Crippen molar-refractivity contribution in [3.8, 4) is 0 Å². The van der Waals surface area contributed by atoms with E-state index in [9.17, 15) is 5.11 Å². The van der Waals surface area contributed by atoms with E-state index in [0.29, 0.717) is 12.1 Å². The average Bonchev–Trinajstić information content (AvgIpc) is 2.64. The molecule has 2 aromatic rings. The van der Waals surface area contributed by atoms with Gasteiger partial charge in [-0.1, -0.05) is 6.92 Å². The lowest BCUT2D eigenvalue weighted by Gasteiger charge is -2.05. The third-order valence-corrected chi connectivity index (χ3v) is 2.04. The molecule has 1 unspecified atom stereocenters. The lowest BCUT2D eigenvalue weighted by Crippen LogP contribution is -2.11. The van der Waals surface area contributed by atoms with E-state index in [1.807, 2.05) is 13.0 Å². The summed E-state index contributed by atoms with van der Waals surface area (Å²) in [5.41, 5.74) is 1.40. The first-order valence-electron chi connectivity index (χ1n) is 4.52. The lowest BCUT2D eigenvalue weighted by atomic mass is 10.1. The van der Waals surface area contributed by atoms with E-state index in [1.54, 1.807) is 6.07 Å². The van der Waals surface area contributed by atoms with Crippen molar-refractivity contribution in [2.24, 2.45) is 0 Å². The molecule has 1 N–H and O–H groups in total. The second-order valence-corrected chi connectivity index (χ2v) is 3.12. The first kappa shape index (κ1) is 9.01. The molecule has 0 fully saturated rings. The maximum Gasteiger partial charge on any atom is 0.199 e. The molecule has 0 aromatic carbocycles. The number of rotatable bonds is 3. The number of nitrogens with zero attached hydrogens (tertiary/aromatic N) is 5. The second kappa shape index (κ2) is 3.67. The predicted molar refractivity (Wildman–Crippen MR) is 48.6 cm³/mol. The lowest BCUT2D eigenvalue weighted by molar-refractivity contribution is 0.169. The average molecular weight is 193 g/mol. The highest BCUT2D eigenvalue weighted by Crippen LogP contribution is 2.03. The van der Waals surface area contributed by atoms with Gasteiger partial charge in [-0.2, -0.15) is 5.10 Å². The molecule has 2 heterocycles. The Morgan fingerprint density at radius 3 is 3.14 bits per heavy atom. The first-order valence-corrected chi connectivity index (χ1v) is 4.52. The van der Waals surface area contributed by atoms with Crippen molar-refractivity contribution in [1.29, 1.82) is 0 Å². The quantitative estimate of drug-likeness (QED) is 0.732. The summed E-state index contributed by atoms with van der Waals surface area (Å²) in [5.74, 6) is 0. The van der Waals surface area contributed by atoms with Gasteiger partial charge in [0.05, 0.1) is 11.8 Å². The number of aliphatic hydroxyl groups excluding tert-OH is 1. The van der Waals surface area contributed by atoms with E-state index in [2.05, 4.69) is 20.6 Å². The zero-order valence-corrected chi connectivity index (χ0v) is 7.83. The van der Waals surface area contributed by atoms with Gasteiger partial charge in [0.1, 0.15) is 0 Å². The summed E-state index contributed by atoms with van der Waals surface area (Å²) in [6, 6.07) is 3.61. The fourth-order valence-corrected chi connectivity index (χ4v) is 1.18. The Bertz CT molecular complexity index is 426. The summed E-state index contributed by atoms with van der Waals surface area (Å²) in [4.78, 5) is 0. The van der Waals surface area contributed by atoms with Crippen LogP contribution in [0.4, 0.5) is 0 Å². The maximum atomic E-state index is 9.43. The molecular formula is C8H11N5O. The van der Waals surface area contributed by atoms with Gasteiger partial charge >= 0.3 is 0 Å². The maximum absolute atomic E-state index is 9.43. The Hall–Kier alpha value is -1.56. The van der Waals surface area contributed by atoms with Gasteiger partial charge in [0, 0.05) is 6.42 Å². The van der Waals surface area contributed by atoms with Gasteiger partial charge in [-0.05, 0) is 29.0 Å². The van der Waals surface area contributed by atoms with Gasteiger partial charge in [-0.25, -0.2) is 0 Å². The fourth-order valence-electron chi connectivity index (χ4n) is 1.18. The van der Waals surface area contributed by atoms with Crippen molar-refractivity contribution < 1.29 is 5.11 Å². The van der Waals surface area contributed by atoms with Gasteiger partial charge in [0.2, 0.25) is 0 Å². The zero-order valence-electron chi connectivity index (χ0n) is 7.83. The highest BCUT2D eigenvalue weighted by Gasteiger charge is 2.05. The number of fused-ring (bicyclic) bond motifs is 1. The first-order chi connectivity index (χ1) is 6.79. The molecule has 0 aliphatic carbocycles. The second-order valence-electron chi connectivity index (χ2n) is 3.12. The topological polar surface area (TPSA) is 76.2 Å². The van der Waals surface area contributed by atoms with E-state index in [1.165, 1.54) is 4.63 Å². The molecule has 0 amide bonds. The van der Waals surface area contributed by atoms with E-state index in [-0.39, 0.29) is 6.10 Å². The van der Waals surface area contributed by atoms with Crippen molar-refractivity contribution in [3.05, 3.63) is 17.8 Å². The molecule has 0 saturated heterocycles. The van der Waals surface area contributed by atoms with Crippen LogP contribution in [0.3, 0.4) is 0 Å². The Labute approximate surface area is 80.6 Å². The van der Waals surface area contributed by atoms with Crippen LogP contribution in [-0.4, -0.2) is 36.5 Å². The zero-order chi connectivity index (χ0) is 9.97. The predicted octanol–water partition coefficient (Wildman–Crippen LogP) is -0.167. The molecule has 0 saturated carbocycles. The summed E-state index contributed by atoms with van der Waals surface area (Å²) in [6.45, 7) is 1.93. The van der Waals surface area contributed by atoms with Crippen molar-refractivity contribution in [3.63, 3.8) is 0 Å². The van der Waals surface area contributed by atoms with Crippen LogP contribution in [0.2, 0.25) is 0 Å². The van der Waals surface area contributed by atoms with Crippen LogP contribution >= 0.6 is 0 Å². The monoisotopic (exact) mass is 193 g/mol. The van der Waals surface area contributed by atoms with Gasteiger partial charge in [0.25, 0.3) is 0 Å². The number of aromatic nitrogens is 5. The summed E-state index contributed by atoms with van der Waals surface area (Å²) in [5, 5.41) is 24.5.